The maximum absolute atomic E-state index is 12.0. The second-order valence-electron chi connectivity index (χ2n) is 5.65. The van der Waals surface area contributed by atoms with Crippen molar-refractivity contribution in [2.45, 2.75) is 27.2 Å². The molecule has 1 aromatic heterocycles. The topological polar surface area (TPSA) is 56.5 Å². The van der Waals surface area contributed by atoms with Gasteiger partial charge in [0, 0.05) is 10.9 Å². The zero-order valence-electron chi connectivity index (χ0n) is 12.1. The lowest BCUT2D eigenvalue weighted by Crippen LogP contribution is -2.30. The summed E-state index contributed by atoms with van der Waals surface area (Å²) in [5.74, 6) is -0.346. The van der Waals surface area contributed by atoms with Crippen molar-refractivity contribution in [1.82, 2.24) is 0 Å². The Bertz CT molecular complexity index is 710. The third kappa shape index (κ3) is 2.74. The van der Waals surface area contributed by atoms with E-state index in [1.807, 2.05) is 19.1 Å². The van der Waals surface area contributed by atoms with Crippen LogP contribution < -0.4 is 5.63 Å². The molecule has 0 saturated carbocycles. The molecule has 0 spiro atoms. The van der Waals surface area contributed by atoms with Gasteiger partial charge in [-0.15, -0.1) is 0 Å². The molecular formula is C16H18O4. The summed E-state index contributed by atoms with van der Waals surface area (Å²) < 4.78 is 10.1. The van der Waals surface area contributed by atoms with Gasteiger partial charge >= 0.3 is 11.6 Å². The molecule has 4 nitrogen and oxygen atoms in total. The second-order valence-corrected chi connectivity index (χ2v) is 5.65. The lowest BCUT2D eigenvalue weighted by Gasteiger charge is -2.20. The van der Waals surface area contributed by atoms with Crippen LogP contribution in [-0.2, 0) is 16.0 Å². The van der Waals surface area contributed by atoms with Gasteiger partial charge in [-0.3, -0.25) is 4.79 Å². The minimum atomic E-state index is -0.763. The van der Waals surface area contributed by atoms with Gasteiger partial charge in [0.15, 0.2) is 0 Å². The lowest BCUT2D eigenvalue weighted by molar-refractivity contribution is -0.150. The smallest absolute Gasteiger partial charge is 0.339 e. The maximum Gasteiger partial charge on any atom is 0.339 e. The third-order valence-corrected chi connectivity index (χ3v) is 3.33. The minimum Gasteiger partial charge on any atom is -0.469 e. The van der Waals surface area contributed by atoms with Gasteiger partial charge in [-0.05, 0) is 45.4 Å². The molecule has 2 aromatic rings. The van der Waals surface area contributed by atoms with Crippen molar-refractivity contribution in [3.63, 3.8) is 0 Å². The van der Waals surface area contributed by atoms with Crippen molar-refractivity contribution < 1.29 is 13.9 Å². The monoisotopic (exact) mass is 274 g/mol. The number of aryl methyl sites for hydroxylation is 1. The van der Waals surface area contributed by atoms with Crippen molar-refractivity contribution in [3.8, 4) is 0 Å². The highest BCUT2D eigenvalue weighted by Crippen LogP contribution is 2.24. The highest BCUT2D eigenvalue weighted by atomic mass is 16.5. The molecular weight excluding hydrogens is 256 g/mol. The van der Waals surface area contributed by atoms with Gasteiger partial charge in [0.2, 0.25) is 0 Å². The number of esters is 1. The van der Waals surface area contributed by atoms with Crippen molar-refractivity contribution in [1.29, 1.82) is 0 Å². The Hall–Kier alpha value is -2.10. The molecule has 106 valence electrons. The van der Waals surface area contributed by atoms with Gasteiger partial charge < -0.3 is 9.15 Å². The van der Waals surface area contributed by atoms with Gasteiger partial charge in [0.25, 0.3) is 0 Å². The number of ether oxygens (including phenoxy) is 1. The van der Waals surface area contributed by atoms with Gasteiger partial charge in [-0.2, -0.15) is 0 Å². The van der Waals surface area contributed by atoms with E-state index in [1.165, 1.54) is 7.11 Å². The molecule has 0 aliphatic carbocycles. The van der Waals surface area contributed by atoms with Crippen LogP contribution in [0.5, 0.6) is 0 Å². The number of hydrogen-bond acceptors (Lipinski definition) is 4. The van der Waals surface area contributed by atoms with E-state index in [1.54, 1.807) is 26.0 Å². The average molecular weight is 274 g/mol. The van der Waals surface area contributed by atoms with E-state index in [0.29, 0.717) is 11.1 Å². The number of benzene rings is 1. The summed E-state index contributed by atoms with van der Waals surface area (Å²) in [6.45, 7) is 5.47. The molecule has 0 unspecified atom stereocenters. The van der Waals surface area contributed by atoms with E-state index in [-0.39, 0.29) is 12.4 Å². The van der Waals surface area contributed by atoms with Crippen molar-refractivity contribution in [2.24, 2.45) is 5.41 Å². The number of hydrogen-bond donors (Lipinski definition) is 0. The van der Waals surface area contributed by atoms with Crippen LogP contribution in [0.1, 0.15) is 25.0 Å². The molecule has 2 rings (SSSR count). The van der Waals surface area contributed by atoms with Gasteiger partial charge in [0.05, 0.1) is 12.5 Å². The third-order valence-electron chi connectivity index (χ3n) is 3.33. The minimum absolute atomic E-state index is 0.284. The van der Waals surface area contributed by atoms with Gasteiger partial charge in [-0.1, -0.05) is 11.6 Å². The summed E-state index contributed by atoms with van der Waals surface area (Å²) in [5, 5.41) is 0.861. The van der Waals surface area contributed by atoms with Crippen LogP contribution in [0.4, 0.5) is 0 Å². The van der Waals surface area contributed by atoms with Crippen LogP contribution in [0.15, 0.2) is 33.5 Å². The first-order chi connectivity index (χ1) is 9.33. The molecule has 0 saturated heterocycles. The Morgan fingerprint density at radius 3 is 2.65 bits per heavy atom. The Balaban J connectivity index is 2.47. The fourth-order valence-electron chi connectivity index (χ4n) is 2.23. The Kier molecular flexibility index (Phi) is 3.66. The van der Waals surface area contributed by atoms with E-state index < -0.39 is 11.0 Å². The lowest BCUT2D eigenvalue weighted by atomic mass is 9.86. The van der Waals surface area contributed by atoms with E-state index >= 15 is 0 Å². The molecule has 0 atom stereocenters. The SMILES string of the molecule is COC(=O)C(C)(C)Cc1cc2cc(C)ccc2oc1=O. The van der Waals surface area contributed by atoms with Crippen LogP contribution >= 0.6 is 0 Å². The second kappa shape index (κ2) is 5.12. The number of fused-ring (bicyclic) bond motifs is 1. The number of rotatable bonds is 3. The van der Waals surface area contributed by atoms with Crippen LogP contribution in [0, 0.1) is 12.3 Å². The summed E-state index contributed by atoms with van der Waals surface area (Å²) in [7, 11) is 1.34. The first-order valence-electron chi connectivity index (χ1n) is 6.45. The summed E-state index contributed by atoms with van der Waals surface area (Å²) in [6.07, 6.45) is 0.284. The molecule has 0 bridgehead atoms. The fraction of sp³-hybridized carbons (Fsp3) is 0.375. The first kappa shape index (κ1) is 14.3. The normalized spacial score (nSPS) is 11.6. The number of carbonyl (C=O) groups is 1. The van der Waals surface area contributed by atoms with E-state index in [0.717, 1.165) is 10.9 Å². The Morgan fingerprint density at radius 1 is 1.30 bits per heavy atom. The summed E-state index contributed by atoms with van der Waals surface area (Å²) in [5.41, 5.74) is 0.961. The Labute approximate surface area is 117 Å². The van der Waals surface area contributed by atoms with Crippen LogP contribution in [0.25, 0.3) is 11.0 Å². The van der Waals surface area contributed by atoms with Gasteiger partial charge in [0.1, 0.15) is 5.58 Å². The van der Waals surface area contributed by atoms with Crippen molar-refractivity contribution in [3.05, 3.63) is 45.8 Å². The molecule has 0 aliphatic heterocycles. The van der Waals surface area contributed by atoms with Crippen LogP contribution in [0.3, 0.4) is 0 Å². The largest absolute Gasteiger partial charge is 0.469 e. The molecule has 0 aliphatic rings. The predicted molar refractivity (Wildman–Crippen MR) is 76.7 cm³/mol. The standard InChI is InChI=1S/C16H18O4/c1-10-5-6-13-11(7-10)8-12(14(17)20-13)9-16(2,3)15(18)19-4/h5-8H,9H2,1-4H3. The van der Waals surface area contributed by atoms with E-state index in [4.69, 9.17) is 9.15 Å². The van der Waals surface area contributed by atoms with Gasteiger partial charge in [-0.25, -0.2) is 4.79 Å². The zero-order chi connectivity index (χ0) is 14.9. The van der Waals surface area contributed by atoms with Crippen LogP contribution in [-0.4, -0.2) is 13.1 Å². The first-order valence-corrected chi connectivity index (χ1v) is 6.45. The summed E-state index contributed by atoms with van der Waals surface area (Å²) in [6, 6.07) is 7.41. The average Bonchev–Trinajstić information content (AvgIpc) is 2.38. The fourth-order valence-corrected chi connectivity index (χ4v) is 2.23. The molecule has 1 heterocycles. The predicted octanol–water partition coefficient (Wildman–Crippen LogP) is 2.84. The zero-order valence-corrected chi connectivity index (χ0v) is 12.1. The van der Waals surface area contributed by atoms with Crippen molar-refractivity contribution >= 4 is 16.9 Å². The van der Waals surface area contributed by atoms with Crippen LogP contribution in [0.2, 0.25) is 0 Å². The molecule has 1 aromatic carbocycles. The molecule has 0 amide bonds. The Morgan fingerprint density at radius 2 is 2.00 bits per heavy atom. The molecule has 0 radical (unpaired) electrons. The van der Waals surface area contributed by atoms with E-state index in [9.17, 15) is 9.59 Å². The summed E-state index contributed by atoms with van der Waals surface area (Å²) >= 11 is 0. The van der Waals surface area contributed by atoms with E-state index in [2.05, 4.69) is 0 Å². The number of carbonyl (C=O) groups excluding carboxylic acids is 1. The van der Waals surface area contributed by atoms with Crippen molar-refractivity contribution in [2.75, 3.05) is 7.11 Å². The maximum atomic E-state index is 12.0. The molecule has 0 fully saturated rings. The molecule has 0 N–H and O–H groups in total. The summed E-state index contributed by atoms with van der Waals surface area (Å²) in [4.78, 5) is 23.7. The quantitative estimate of drug-likeness (QED) is 0.638. The number of methoxy groups -OCH3 is 1. The molecule has 4 heteroatoms. The molecule has 20 heavy (non-hydrogen) atoms. The highest BCUT2D eigenvalue weighted by Gasteiger charge is 2.30. The highest BCUT2D eigenvalue weighted by molar-refractivity contribution is 5.79.